The lowest BCUT2D eigenvalue weighted by Crippen LogP contribution is -2.55. The molecular formula is C9H20N2O2S. The number of nitrogens with zero attached hydrogens (tertiary/aromatic N) is 1. The van der Waals surface area contributed by atoms with Crippen LogP contribution < -0.4 is 5.32 Å². The van der Waals surface area contributed by atoms with Crippen LogP contribution in [-0.4, -0.2) is 57.0 Å². The molecule has 5 heteroatoms. The Morgan fingerprint density at radius 2 is 1.79 bits per heavy atom. The van der Waals surface area contributed by atoms with Crippen LogP contribution in [0.5, 0.6) is 0 Å². The summed E-state index contributed by atoms with van der Waals surface area (Å²) in [4.78, 5) is 2.24. The minimum absolute atomic E-state index is 0.236. The fraction of sp³-hybridized carbons (Fsp3) is 1.00. The van der Waals surface area contributed by atoms with Crippen LogP contribution in [-0.2, 0) is 9.84 Å². The highest BCUT2D eigenvalue weighted by atomic mass is 32.2. The van der Waals surface area contributed by atoms with Crippen molar-refractivity contribution in [3.8, 4) is 0 Å². The zero-order valence-corrected chi connectivity index (χ0v) is 10.0. The summed E-state index contributed by atoms with van der Waals surface area (Å²) in [5.41, 5.74) is -0.240. The molecule has 1 N–H and O–H groups in total. The fourth-order valence-corrected chi connectivity index (χ4v) is 3.47. The zero-order valence-electron chi connectivity index (χ0n) is 9.21. The smallest absolute Gasteiger partial charge is 0.149 e. The van der Waals surface area contributed by atoms with Gasteiger partial charge in [0.25, 0.3) is 0 Å². The van der Waals surface area contributed by atoms with Gasteiger partial charge >= 0.3 is 0 Å². The second-order valence-electron chi connectivity index (χ2n) is 4.62. The Labute approximate surface area is 86.6 Å². The minimum Gasteiger partial charge on any atom is -0.314 e. The van der Waals surface area contributed by atoms with Crippen LogP contribution >= 0.6 is 0 Å². The SMILES string of the molecule is CC(C)(CS(C)(=O)=O)N1CCNCC1. The summed E-state index contributed by atoms with van der Waals surface area (Å²) in [6.07, 6.45) is 1.30. The molecule has 4 nitrogen and oxygen atoms in total. The molecular weight excluding hydrogens is 200 g/mol. The number of sulfone groups is 1. The Bertz CT molecular complexity index is 279. The van der Waals surface area contributed by atoms with Gasteiger partial charge in [-0.2, -0.15) is 0 Å². The van der Waals surface area contributed by atoms with Gasteiger partial charge in [-0.1, -0.05) is 0 Å². The van der Waals surface area contributed by atoms with E-state index in [0.717, 1.165) is 26.2 Å². The van der Waals surface area contributed by atoms with Gasteiger partial charge in [0.2, 0.25) is 0 Å². The van der Waals surface area contributed by atoms with Crippen LogP contribution in [0, 0.1) is 0 Å². The lowest BCUT2D eigenvalue weighted by molar-refractivity contribution is 0.121. The Morgan fingerprint density at radius 1 is 1.29 bits per heavy atom. The lowest BCUT2D eigenvalue weighted by atomic mass is 10.1. The predicted molar refractivity (Wildman–Crippen MR) is 58.2 cm³/mol. The second kappa shape index (κ2) is 4.16. The summed E-state index contributed by atoms with van der Waals surface area (Å²) >= 11 is 0. The average Bonchev–Trinajstić information content (AvgIpc) is 2.01. The van der Waals surface area contributed by atoms with E-state index in [1.165, 1.54) is 6.26 Å². The zero-order chi connectivity index (χ0) is 10.8. The van der Waals surface area contributed by atoms with Crippen LogP contribution in [0.25, 0.3) is 0 Å². The van der Waals surface area contributed by atoms with E-state index in [0.29, 0.717) is 0 Å². The maximum atomic E-state index is 11.2. The van der Waals surface area contributed by atoms with Gasteiger partial charge < -0.3 is 5.32 Å². The van der Waals surface area contributed by atoms with E-state index in [2.05, 4.69) is 10.2 Å². The average molecular weight is 220 g/mol. The second-order valence-corrected chi connectivity index (χ2v) is 6.76. The Hall–Kier alpha value is -0.130. The van der Waals surface area contributed by atoms with Gasteiger partial charge in [-0.25, -0.2) is 8.42 Å². The molecule has 0 spiro atoms. The first-order valence-corrected chi connectivity index (χ1v) is 7.01. The van der Waals surface area contributed by atoms with E-state index < -0.39 is 9.84 Å². The fourth-order valence-electron chi connectivity index (χ4n) is 2.00. The molecule has 1 heterocycles. The summed E-state index contributed by atoms with van der Waals surface area (Å²) in [6, 6.07) is 0. The standard InChI is InChI=1S/C9H20N2O2S/c1-9(2,8-14(3,12)13)11-6-4-10-5-7-11/h10H,4-8H2,1-3H3. The van der Waals surface area contributed by atoms with Crippen molar-refractivity contribution >= 4 is 9.84 Å². The van der Waals surface area contributed by atoms with Gasteiger partial charge in [0.15, 0.2) is 0 Å². The molecule has 14 heavy (non-hydrogen) atoms. The van der Waals surface area contributed by atoms with E-state index in [9.17, 15) is 8.42 Å². The molecule has 84 valence electrons. The molecule has 0 radical (unpaired) electrons. The molecule has 0 aliphatic carbocycles. The van der Waals surface area contributed by atoms with Crippen LogP contribution in [0.15, 0.2) is 0 Å². The van der Waals surface area contributed by atoms with Crippen LogP contribution in [0.2, 0.25) is 0 Å². The highest BCUT2D eigenvalue weighted by Crippen LogP contribution is 2.16. The van der Waals surface area contributed by atoms with Crippen LogP contribution in [0.1, 0.15) is 13.8 Å². The molecule has 1 rings (SSSR count). The third-order valence-electron chi connectivity index (χ3n) is 2.59. The molecule has 0 aromatic heterocycles. The molecule has 0 aromatic carbocycles. The quantitative estimate of drug-likeness (QED) is 0.710. The van der Waals surface area contributed by atoms with Crippen molar-refractivity contribution in [3.05, 3.63) is 0 Å². The van der Waals surface area contributed by atoms with Crippen LogP contribution in [0.4, 0.5) is 0 Å². The van der Waals surface area contributed by atoms with Crippen molar-refractivity contribution in [3.63, 3.8) is 0 Å². The first-order valence-electron chi connectivity index (χ1n) is 4.95. The molecule has 1 aliphatic rings. The molecule has 1 saturated heterocycles. The van der Waals surface area contributed by atoms with E-state index in [4.69, 9.17) is 0 Å². The number of piperazine rings is 1. The van der Waals surface area contributed by atoms with Crippen molar-refractivity contribution in [2.75, 3.05) is 38.2 Å². The van der Waals surface area contributed by atoms with E-state index in [1.807, 2.05) is 13.8 Å². The largest absolute Gasteiger partial charge is 0.314 e. The van der Waals surface area contributed by atoms with E-state index >= 15 is 0 Å². The van der Waals surface area contributed by atoms with E-state index in [1.54, 1.807) is 0 Å². The molecule has 0 saturated carbocycles. The number of rotatable bonds is 3. The highest BCUT2D eigenvalue weighted by Gasteiger charge is 2.30. The first-order chi connectivity index (χ1) is 6.31. The van der Waals surface area contributed by atoms with Crippen LogP contribution in [0.3, 0.4) is 0 Å². The van der Waals surface area contributed by atoms with Gasteiger partial charge in [0, 0.05) is 38.0 Å². The molecule has 1 aliphatic heterocycles. The number of hydrogen-bond donors (Lipinski definition) is 1. The number of hydrogen-bond acceptors (Lipinski definition) is 4. The number of nitrogens with one attached hydrogen (secondary N) is 1. The topological polar surface area (TPSA) is 49.4 Å². The van der Waals surface area contributed by atoms with E-state index in [-0.39, 0.29) is 11.3 Å². The van der Waals surface area contributed by atoms with Crippen molar-refractivity contribution < 1.29 is 8.42 Å². The molecule has 0 unspecified atom stereocenters. The van der Waals surface area contributed by atoms with Crippen molar-refractivity contribution in [1.82, 2.24) is 10.2 Å². The summed E-state index contributed by atoms with van der Waals surface area (Å²) in [6.45, 7) is 7.77. The van der Waals surface area contributed by atoms with Crippen molar-refractivity contribution in [2.24, 2.45) is 0 Å². The third-order valence-corrected chi connectivity index (χ3v) is 3.82. The molecule has 0 aromatic rings. The maximum Gasteiger partial charge on any atom is 0.149 e. The lowest BCUT2D eigenvalue weighted by Gasteiger charge is -2.40. The van der Waals surface area contributed by atoms with Gasteiger partial charge in [-0.15, -0.1) is 0 Å². The molecule has 1 fully saturated rings. The summed E-state index contributed by atoms with van der Waals surface area (Å²) < 4.78 is 22.5. The third kappa shape index (κ3) is 3.55. The Morgan fingerprint density at radius 3 is 2.21 bits per heavy atom. The Kier molecular flexibility index (Phi) is 3.55. The van der Waals surface area contributed by atoms with Crippen molar-refractivity contribution in [1.29, 1.82) is 0 Å². The van der Waals surface area contributed by atoms with Gasteiger partial charge in [-0.05, 0) is 13.8 Å². The molecule has 0 atom stereocenters. The van der Waals surface area contributed by atoms with Gasteiger partial charge in [-0.3, -0.25) is 4.90 Å². The van der Waals surface area contributed by atoms with Gasteiger partial charge in [0.1, 0.15) is 9.84 Å². The monoisotopic (exact) mass is 220 g/mol. The summed E-state index contributed by atoms with van der Waals surface area (Å²) in [7, 11) is -2.89. The minimum atomic E-state index is -2.89. The Balaban J connectivity index is 2.63. The highest BCUT2D eigenvalue weighted by molar-refractivity contribution is 7.90. The molecule has 0 bridgehead atoms. The predicted octanol–water partition coefficient (Wildman–Crippen LogP) is -0.285. The normalized spacial score (nSPS) is 21.1. The molecule has 0 amide bonds. The first kappa shape index (κ1) is 11.9. The van der Waals surface area contributed by atoms with Crippen molar-refractivity contribution in [2.45, 2.75) is 19.4 Å². The summed E-state index contributed by atoms with van der Waals surface area (Å²) in [5, 5.41) is 3.26. The summed E-state index contributed by atoms with van der Waals surface area (Å²) in [5.74, 6) is 0.236. The van der Waals surface area contributed by atoms with Gasteiger partial charge in [0.05, 0.1) is 5.75 Å². The maximum absolute atomic E-state index is 11.2.